The predicted octanol–water partition coefficient (Wildman–Crippen LogP) is 4.51. The first kappa shape index (κ1) is 15.9. The highest BCUT2D eigenvalue weighted by molar-refractivity contribution is 5.87. The largest absolute Gasteiger partial charge is 0.573 e. The Hall–Kier alpha value is -2.64. The average molecular weight is 348 g/mol. The fourth-order valence-corrected chi connectivity index (χ4v) is 3.33. The van der Waals surface area contributed by atoms with Gasteiger partial charge in [0, 0.05) is 11.6 Å². The van der Waals surface area contributed by atoms with Crippen molar-refractivity contribution in [2.45, 2.75) is 38.1 Å². The maximum Gasteiger partial charge on any atom is 0.573 e. The minimum absolute atomic E-state index is 0.266. The molecular formula is C17H15F3N4O. The fourth-order valence-electron chi connectivity index (χ4n) is 3.33. The third-order valence-electron chi connectivity index (χ3n) is 4.44. The summed E-state index contributed by atoms with van der Waals surface area (Å²) in [6.45, 7) is 0. The van der Waals surface area contributed by atoms with Crippen LogP contribution in [0.2, 0.25) is 0 Å². The van der Waals surface area contributed by atoms with Gasteiger partial charge in [0.25, 0.3) is 0 Å². The summed E-state index contributed by atoms with van der Waals surface area (Å²) in [6.07, 6.45) is 3.14. The first-order valence-corrected chi connectivity index (χ1v) is 8.05. The summed E-state index contributed by atoms with van der Waals surface area (Å²) in [7, 11) is 0. The van der Waals surface area contributed by atoms with Crippen molar-refractivity contribution in [2.24, 2.45) is 0 Å². The molecule has 0 N–H and O–H groups in total. The molecule has 4 rings (SSSR count). The molecular weight excluding hydrogens is 333 g/mol. The summed E-state index contributed by atoms with van der Waals surface area (Å²) < 4.78 is 42.8. The maximum atomic E-state index is 12.3. The van der Waals surface area contributed by atoms with Crippen LogP contribution in [0.3, 0.4) is 0 Å². The van der Waals surface area contributed by atoms with Crippen LogP contribution in [0.25, 0.3) is 22.4 Å². The second-order valence-corrected chi connectivity index (χ2v) is 6.06. The zero-order chi connectivity index (χ0) is 17.4. The topological polar surface area (TPSA) is 52.8 Å². The van der Waals surface area contributed by atoms with E-state index in [2.05, 4.69) is 24.3 Å². The summed E-state index contributed by atoms with van der Waals surface area (Å²) in [5.41, 5.74) is 2.67. The van der Waals surface area contributed by atoms with Crippen molar-refractivity contribution < 1.29 is 17.9 Å². The van der Waals surface area contributed by atoms with Crippen molar-refractivity contribution >= 4 is 11.2 Å². The van der Waals surface area contributed by atoms with E-state index in [-0.39, 0.29) is 5.75 Å². The van der Waals surface area contributed by atoms with E-state index in [4.69, 9.17) is 0 Å². The van der Waals surface area contributed by atoms with Gasteiger partial charge in [0.05, 0.1) is 6.33 Å². The van der Waals surface area contributed by atoms with Crippen molar-refractivity contribution in [3.05, 3.63) is 36.9 Å². The number of rotatable bonds is 3. The highest BCUT2D eigenvalue weighted by Gasteiger charge is 2.31. The molecule has 25 heavy (non-hydrogen) atoms. The first-order valence-electron chi connectivity index (χ1n) is 8.05. The number of alkyl halides is 3. The third-order valence-corrected chi connectivity index (χ3v) is 4.44. The Bertz CT molecular complexity index is 883. The molecule has 1 fully saturated rings. The second-order valence-electron chi connectivity index (χ2n) is 6.06. The summed E-state index contributed by atoms with van der Waals surface area (Å²) in [5.74, 6) is -0.266. The van der Waals surface area contributed by atoms with Crippen LogP contribution in [-0.2, 0) is 0 Å². The van der Waals surface area contributed by atoms with Crippen molar-refractivity contribution in [3.63, 3.8) is 0 Å². The van der Waals surface area contributed by atoms with E-state index < -0.39 is 6.36 Å². The number of benzene rings is 1. The van der Waals surface area contributed by atoms with Gasteiger partial charge in [0.2, 0.25) is 0 Å². The molecule has 2 aromatic heterocycles. The van der Waals surface area contributed by atoms with Gasteiger partial charge in [-0.05, 0) is 37.1 Å². The Balaban J connectivity index is 1.69. The minimum atomic E-state index is -4.70. The lowest BCUT2D eigenvalue weighted by Gasteiger charge is -2.11. The summed E-state index contributed by atoms with van der Waals surface area (Å²) in [6, 6.07) is 6.01. The van der Waals surface area contributed by atoms with Gasteiger partial charge in [-0.25, -0.2) is 15.0 Å². The maximum absolute atomic E-state index is 12.3. The SMILES string of the molecule is FC(F)(F)Oc1ccc(-c2ncnc3c2ncn3C2CCCC2)cc1. The molecule has 1 aliphatic rings. The lowest BCUT2D eigenvalue weighted by Crippen LogP contribution is -2.16. The second kappa shape index (κ2) is 6.02. The Morgan fingerprint density at radius 1 is 1.00 bits per heavy atom. The van der Waals surface area contributed by atoms with Crippen LogP contribution in [0, 0.1) is 0 Å². The van der Waals surface area contributed by atoms with E-state index in [1.165, 1.54) is 43.4 Å². The fraction of sp³-hybridized carbons (Fsp3) is 0.353. The molecule has 0 atom stereocenters. The third kappa shape index (κ3) is 3.16. The average Bonchev–Trinajstić information content (AvgIpc) is 3.23. The van der Waals surface area contributed by atoms with E-state index in [0.717, 1.165) is 18.5 Å². The number of aromatic nitrogens is 4. The van der Waals surface area contributed by atoms with Crippen LogP contribution >= 0.6 is 0 Å². The standard InChI is InChI=1S/C17H15F3N4O/c18-17(19,20)25-13-7-5-11(6-8-13)14-15-16(22-9-21-14)24(10-23-15)12-3-1-2-4-12/h5-10,12H,1-4H2. The molecule has 1 saturated carbocycles. The molecule has 0 aliphatic heterocycles. The zero-order valence-corrected chi connectivity index (χ0v) is 13.2. The van der Waals surface area contributed by atoms with E-state index in [1.54, 1.807) is 6.33 Å². The Morgan fingerprint density at radius 3 is 2.40 bits per heavy atom. The van der Waals surface area contributed by atoms with Crippen LogP contribution in [0.4, 0.5) is 13.2 Å². The molecule has 1 aliphatic carbocycles. The van der Waals surface area contributed by atoms with Gasteiger partial charge >= 0.3 is 6.36 Å². The molecule has 8 heteroatoms. The van der Waals surface area contributed by atoms with E-state index in [0.29, 0.717) is 22.8 Å². The molecule has 5 nitrogen and oxygen atoms in total. The molecule has 0 radical (unpaired) electrons. The van der Waals surface area contributed by atoms with Gasteiger partial charge in [0.15, 0.2) is 5.65 Å². The van der Waals surface area contributed by atoms with Crippen LogP contribution in [0.15, 0.2) is 36.9 Å². The zero-order valence-electron chi connectivity index (χ0n) is 13.2. The lowest BCUT2D eigenvalue weighted by atomic mass is 10.1. The molecule has 0 unspecified atom stereocenters. The van der Waals surface area contributed by atoms with Crippen LogP contribution < -0.4 is 4.74 Å². The number of imidazole rings is 1. The molecule has 1 aromatic carbocycles. The Kier molecular flexibility index (Phi) is 3.82. The van der Waals surface area contributed by atoms with Gasteiger partial charge in [-0.2, -0.15) is 0 Å². The van der Waals surface area contributed by atoms with Crippen LogP contribution in [0.1, 0.15) is 31.7 Å². The quantitative estimate of drug-likeness (QED) is 0.699. The molecule has 3 aromatic rings. The monoisotopic (exact) mass is 348 g/mol. The van der Waals surface area contributed by atoms with Crippen molar-refractivity contribution in [3.8, 4) is 17.0 Å². The number of ether oxygens (including phenoxy) is 1. The minimum Gasteiger partial charge on any atom is -0.406 e. The van der Waals surface area contributed by atoms with E-state index in [1.807, 2.05) is 0 Å². The van der Waals surface area contributed by atoms with Crippen LogP contribution in [-0.4, -0.2) is 25.9 Å². The highest BCUT2D eigenvalue weighted by Crippen LogP contribution is 2.33. The molecule has 0 spiro atoms. The van der Waals surface area contributed by atoms with Gasteiger partial charge in [-0.3, -0.25) is 0 Å². The predicted molar refractivity (Wildman–Crippen MR) is 84.9 cm³/mol. The smallest absolute Gasteiger partial charge is 0.406 e. The Morgan fingerprint density at radius 2 is 1.72 bits per heavy atom. The van der Waals surface area contributed by atoms with Crippen molar-refractivity contribution in [2.75, 3.05) is 0 Å². The number of hydrogen-bond acceptors (Lipinski definition) is 4. The highest BCUT2D eigenvalue weighted by atomic mass is 19.4. The van der Waals surface area contributed by atoms with Crippen LogP contribution in [0.5, 0.6) is 5.75 Å². The van der Waals surface area contributed by atoms with Gasteiger partial charge in [0.1, 0.15) is 23.3 Å². The first-order chi connectivity index (χ1) is 12.0. The molecule has 130 valence electrons. The Labute approximate surface area is 141 Å². The van der Waals surface area contributed by atoms with E-state index >= 15 is 0 Å². The molecule has 0 saturated heterocycles. The summed E-state index contributed by atoms with van der Waals surface area (Å²) in [4.78, 5) is 13.1. The van der Waals surface area contributed by atoms with E-state index in [9.17, 15) is 13.2 Å². The van der Waals surface area contributed by atoms with Gasteiger partial charge in [-0.15, -0.1) is 13.2 Å². The summed E-state index contributed by atoms with van der Waals surface area (Å²) >= 11 is 0. The van der Waals surface area contributed by atoms with Crippen molar-refractivity contribution in [1.29, 1.82) is 0 Å². The van der Waals surface area contributed by atoms with Crippen molar-refractivity contribution in [1.82, 2.24) is 19.5 Å². The summed E-state index contributed by atoms with van der Waals surface area (Å²) in [5, 5.41) is 0. The molecule has 0 amide bonds. The van der Waals surface area contributed by atoms with Gasteiger partial charge < -0.3 is 9.30 Å². The lowest BCUT2D eigenvalue weighted by molar-refractivity contribution is -0.274. The van der Waals surface area contributed by atoms with Gasteiger partial charge in [-0.1, -0.05) is 12.8 Å². The number of hydrogen-bond donors (Lipinski definition) is 0. The molecule has 0 bridgehead atoms. The number of fused-ring (bicyclic) bond motifs is 1. The normalized spacial score (nSPS) is 15.8. The number of nitrogens with zero attached hydrogens (tertiary/aromatic N) is 4. The molecule has 2 heterocycles. The number of halogens is 3.